The first-order chi connectivity index (χ1) is 7.42. The van der Waals surface area contributed by atoms with Gasteiger partial charge in [-0.1, -0.05) is 26.8 Å². The zero-order valence-corrected chi connectivity index (χ0v) is 9.91. The lowest BCUT2D eigenvalue weighted by Gasteiger charge is -2.19. The van der Waals surface area contributed by atoms with Gasteiger partial charge >= 0.3 is 0 Å². The van der Waals surface area contributed by atoms with E-state index in [1.165, 1.54) is 0 Å². The summed E-state index contributed by atoms with van der Waals surface area (Å²) >= 11 is 0. The number of hydrogen-bond donors (Lipinski definition) is 2. The third-order valence-corrected chi connectivity index (χ3v) is 1.90. The van der Waals surface area contributed by atoms with Gasteiger partial charge in [-0.25, -0.2) is 5.84 Å². The minimum atomic E-state index is -0.318. The first-order valence-corrected chi connectivity index (χ1v) is 5.16. The van der Waals surface area contributed by atoms with Crippen molar-refractivity contribution in [2.45, 2.75) is 20.8 Å². The third kappa shape index (κ3) is 3.90. The number of hydrogen-bond acceptors (Lipinski definition) is 3. The van der Waals surface area contributed by atoms with Gasteiger partial charge in [-0.05, 0) is 23.6 Å². The van der Waals surface area contributed by atoms with Crippen LogP contribution in [0.3, 0.4) is 0 Å². The zero-order chi connectivity index (χ0) is 12.2. The smallest absolute Gasteiger partial charge is 0.265 e. The molecule has 88 valence electrons. The van der Waals surface area contributed by atoms with Gasteiger partial charge in [0.1, 0.15) is 5.75 Å². The van der Waals surface area contributed by atoms with Crippen LogP contribution in [0, 0.1) is 5.41 Å². The van der Waals surface area contributed by atoms with Crippen LogP contribution in [0.25, 0.3) is 0 Å². The van der Waals surface area contributed by atoms with E-state index in [1.54, 1.807) is 18.2 Å². The predicted octanol–water partition coefficient (Wildman–Crippen LogP) is 1.72. The molecule has 0 atom stereocenters. The van der Waals surface area contributed by atoms with E-state index in [1.807, 2.05) is 6.07 Å². The van der Waals surface area contributed by atoms with Crippen molar-refractivity contribution >= 4 is 5.91 Å². The molecule has 0 radical (unpaired) electrons. The summed E-state index contributed by atoms with van der Waals surface area (Å²) in [6.07, 6.45) is 0. The molecule has 1 amide bonds. The largest absolute Gasteiger partial charge is 0.493 e. The highest BCUT2D eigenvalue weighted by Gasteiger charge is 2.11. The number of rotatable bonds is 3. The SMILES string of the molecule is CC(C)(C)COc1cccc(C(=O)NN)c1. The number of hydrazine groups is 1. The molecule has 4 nitrogen and oxygen atoms in total. The Bertz CT molecular complexity index is 370. The molecule has 0 aliphatic rings. The summed E-state index contributed by atoms with van der Waals surface area (Å²) in [4.78, 5) is 11.3. The molecule has 0 spiro atoms. The van der Waals surface area contributed by atoms with E-state index < -0.39 is 0 Å². The van der Waals surface area contributed by atoms with Crippen molar-refractivity contribution in [2.24, 2.45) is 11.3 Å². The Balaban J connectivity index is 2.71. The second-order valence-electron chi connectivity index (χ2n) is 4.85. The average Bonchev–Trinajstić information content (AvgIpc) is 2.25. The quantitative estimate of drug-likeness (QED) is 0.465. The van der Waals surface area contributed by atoms with Gasteiger partial charge in [0.15, 0.2) is 0 Å². The molecule has 0 unspecified atom stereocenters. The van der Waals surface area contributed by atoms with Gasteiger partial charge in [0.05, 0.1) is 6.61 Å². The summed E-state index contributed by atoms with van der Waals surface area (Å²) in [6, 6.07) is 6.95. The Morgan fingerprint density at radius 1 is 1.44 bits per heavy atom. The van der Waals surface area contributed by atoms with Crippen LogP contribution < -0.4 is 16.0 Å². The second kappa shape index (κ2) is 4.99. The van der Waals surface area contributed by atoms with Crippen molar-refractivity contribution in [3.63, 3.8) is 0 Å². The summed E-state index contributed by atoms with van der Waals surface area (Å²) in [5.74, 6) is 5.42. The molecule has 1 aromatic carbocycles. The summed E-state index contributed by atoms with van der Waals surface area (Å²) < 4.78 is 5.58. The van der Waals surface area contributed by atoms with Crippen molar-refractivity contribution in [3.8, 4) is 5.75 Å². The van der Waals surface area contributed by atoms with E-state index in [2.05, 4.69) is 26.2 Å². The highest BCUT2D eigenvalue weighted by molar-refractivity contribution is 5.94. The van der Waals surface area contributed by atoms with E-state index in [-0.39, 0.29) is 11.3 Å². The van der Waals surface area contributed by atoms with Crippen molar-refractivity contribution in [2.75, 3.05) is 6.61 Å². The van der Waals surface area contributed by atoms with Crippen LogP contribution in [0.5, 0.6) is 5.75 Å². The van der Waals surface area contributed by atoms with Crippen molar-refractivity contribution in [1.82, 2.24) is 5.43 Å². The van der Waals surface area contributed by atoms with E-state index in [0.717, 1.165) is 0 Å². The molecule has 3 N–H and O–H groups in total. The van der Waals surface area contributed by atoms with Gasteiger partial charge in [0.25, 0.3) is 5.91 Å². The Labute approximate surface area is 95.8 Å². The molecule has 16 heavy (non-hydrogen) atoms. The van der Waals surface area contributed by atoms with Crippen LogP contribution in [-0.4, -0.2) is 12.5 Å². The lowest BCUT2D eigenvalue weighted by Crippen LogP contribution is -2.29. The number of carbonyl (C=O) groups is 1. The van der Waals surface area contributed by atoms with Crippen LogP contribution in [0.1, 0.15) is 31.1 Å². The lowest BCUT2D eigenvalue weighted by molar-refractivity contribution is 0.0953. The number of ether oxygens (including phenoxy) is 1. The van der Waals surface area contributed by atoms with Gasteiger partial charge in [0.2, 0.25) is 0 Å². The molecule has 0 saturated heterocycles. The van der Waals surface area contributed by atoms with Gasteiger partial charge in [0, 0.05) is 5.56 Å². The van der Waals surface area contributed by atoms with E-state index in [9.17, 15) is 4.79 Å². The van der Waals surface area contributed by atoms with Crippen LogP contribution >= 0.6 is 0 Å². The number of amides is 1. The predicted molar refractivity (Wildman–Crippen MR) is 63.0 cm³/mol. The molecule has 0 fully saturated rings. The van der Waals surface area contributed by atoms with Gasteiger partial charge < -0.3 is 4.74 Å². The molecular weight excluding hydrogens is 204 g/mol. The minimum Gasteiger partial charge on any atom is -0.493 e. The highest BCUT2D eigenvalue weighted by atomic mass is 16.5. The molecular formula is C12H18N2O2. The molecule has 4 heteroatoms. The number of benzene rings is 1. The summed E-state index contributed by atoms with van der Waals surface area (Å²) in [5.41, 5.74) is 2.67. The summed E-state index contributed by atoms with van der Waals surface area (Å²) in [6.45, 7) is 6.86. The fraction of sp³-hybridized carbons (Fsp3) is 0.417. The fourth-order valence-electron chi connectivity index (χ4n) is 1.11. The number of nitrogens with one attached hydrogen (secondary N) is 1. The van der Waals surface area contributed by atoms with Crippen molar-refractivity contribution in [3.05, 3.63) is 29.8 Å². The topological polar surface area (TPSA) is 64.3 Å². The fourth-order valence-corrected chi connectivity index (χ4v) is 1.11. The van der Waals surface area contributed by atoms with Gasteiger partial charge in [-0.15, -0.1) is 0 Å². The number of carbonyl (C=O) groups excluding carboxylic acids is 1. The first-order valence-electron chi connectivity index (χ1n) is 5.16. The normalized spacial score (nSPS) is 11.0. The second-order valence-corrected chi connectivity index (χ2v) is 4.85. The molecule has 0 heterocycles. The van der Waals surface area contributed by atoms with E-state index in [4.69, 9.17) is 10.6 Å². The summed E-state index contributed by atoms with van der Waals surface area (Å²) in [7, 11) is 0. The van der Waals surface area contributed by atoms with Crippen LogP contribution in [0.4, 0.5) is 0 Å². The van der Waals surface area contributed by atoms with Crippen LogP contribution in [0.15, 0.2) is 24.3 Å². The third-order valence-electron chi connectivity index (χ3n) is 1.90. The average molecular weight is 222 g/mol. The Kier molecular flexibility index (Phi) is 3.90. The van der Waals surface area contributed by atoms with Gasteiger partial charge in [-0.3, -0.25) is 10.2 Å². The number of nitrogens with two attached hydrogens (primary N) is 1. The standard InChI is InChI=1S/C12H18N2O2/c1-12(2,3)8-16-10-6-4-5-9(7-10)11(15)14-13/h4-7H,8,13H2,1-3H3,(H,14,15). The molecule has 0 saturated carbocycles. The molecule has 1 aromatic rings. The Morgan fingerprint density at radius 3 is 2.69 bits per heavy atom. The lowest BCUT2D eigenvalue weighted by atomic mass is 9.99. The minimum absolute atomic E-state index is 0.0894. The zero-order valence-electron chi connectivity index (χ0n) is 9.91. The molecule has 0 aliphatic carbocycles. The Morgan fingerprint density at radius 2 is 2.12 bits per heavy atom. The van der Waals surface area contributed by atoms with Crippen LogP contribution in [0.2, 0.25) is 0 Å². The first kappa shape index (κ1) is 12.5. The van der Waals surface area contributed by atoms with Crippen molar-refractivity contribution in [1.29, 1.82) is 0 Å². The van der Waals surface area contributed by atoms with Crippen LogP contribution in [-0.2, 0) is 0 Å². The van der Waals surface area contributed by atoms with E-state index >= 15 is 0 Å². The molecule has 1 rings (SSSR count). The maximum Gasteiger partial charge on any atom is 0.265 e. The maximum atomic E-state index is 11.3. The van der Waals surface area contributed by atoms with Crippen molar-refractivity contribution < 1.29 is 9.53 Å². The van der Waals surface area contributed by atoms with Gasteiger partial charge in [-0.2, -0.15) is 0 Å². The molecule has 0 bridgehead atoms. The highest BCUT2D eigenvalue weighted by Crippen LogP contribution is 2.18. The number of nitrogen functional groups attached to an aromatic ring is 1. The maximum absolute atomic E-state index is 11.3. The Hall–Kier alpha value is -1.55. The monoisotopic (exact) mass is 222 g/mol. The molecule has 0 aliphatic heterocycles. The molecule has 0 aromatic heterocycles. The summed E-state index contributed by atoms with van der Waals surface area (Å²) in [5, 5.41) is 0. The van der Waals surface area contributed by atoms with E-state index in [0.29, 0.717) is 17.9 Å².